The first kappa shape index (κ1) is 20.9. The Morgan fingerprint density at radius 2 is 2.08 bits per heavy atom. The minimum absolute atomic E-state index is 0. The van der Waals surface area contributed by atoms with Gasteiger partial charge < -0.3 is 20.1 Å². The molecular weight excluding hydrogens is 382 g/mol. The van der Waals surface area contributed by atoms with Crippen molar-refractivity contribution in [1.82, 2.24) is 14.9 Å². The van der Waals surface area contributed by atoms with Crippen molar-refractivity contribution in [3.05, 3.63) is 23.8 Å². The molecule has 0 saturated carbocycles. The third-order valence-electron chi connectivity index (χ3n) is 4.42. The van der Waals surface area contributed by atoms with Crippen LogP contribution in [-0.2, 0) is 14.8 Å². The van der Waals surface area contributed by atoms with Gasteiger partial charge in [0.05, 0.1) is 30.8 Å². The Morgan fingerprint density at radius 3 is 2.69 bits per heavy atom. The summed E-state index contributed by atoms with van der Waals surface area (Å²) in [5.74, 6) is 0.0222. The summed E-state index contributed by atoms with van der Waals surface area (Å²) in [6, 6.07) is 4.42. The summed E-state index contributed by atoms with van der Waals surface area (Å²) in [5, 5.41) is 6.09. The molecule has 0 spiro atoms. The fourth-order valence-corrected chi connectivity index (χ4v) is 4.44. The van der Waals surface area contributed by atoms with E-state index in [0.717, 1.165) is 13.0 Å². The molecule has 1 unspecified atom stereocenters. The lowest BCUT2D eigenvalue weighted by atomic mass is 10.1. The van der Waals surface area contributed by atoms with Gasteiger partial charge in [-0.1, -0.05) is 0 Å². The monoisotopic (exact) mass is 405 g/mol. The number of carbonyl (C=O) groups is 1. The molecule has 1 aromatic carbocycles. The van der Waals surface area contributed by atoms with Crippen LogP contribution in [0.5, 0.6) is 5.75 Å². The van der Waals surface area contributed by atoms with Crippen molar-refractivity contribution in [2.45, 2.75) is 17.4 Å². The highest BCUT2D eigenvalue weighted by atomic mass is 35.5. The Kier molecular flexibility index (Phi) is 7.24. The number of carbonyl (C=O) groups excluding carboxylic acids is 1. The number of hydrogen-bond acceptors (Lipinski definition) is 6. The molecule has 2 N–H and O–H groups in total. The van der Waals surface area contributed by atoms with Crippen molar-refractivity contribution in [2.24, 2.45) is 0 Å². The van der Waals surface area contributed by atoms with Crippen molar-refractivity contribution < 1.29 is 22.7 Å². The van der Waals surface area contributed by atoms with Crippen LogP contribution in [0.1, 0.15) is 16.8 Å². The molecule has 0 aromatic heterocycles. The van der Waals surface area contributed by atoms with E-state index in [0.29, 0.717) is 38.6 Å². The molecule has 2 fully saturated rings. The summed E-state index contributed by atoms with van der Waals surface area (Å²) in [5.41, 5.74) is 0.226. The number of hydrogen-bond donors (Lipinski definition) is 2. The Hall–Kier alpha value is -1.39. The van der Waals surface area contributed by atoms with Crippen LogP contribution >= 0.6 is 12.4 Å². The standard InChI is InChI=1S/C16H23N3O5S.ClH/c1-23-15-3-2-13(25(21,22)19-6-8-24-9-7-19)10-14(15)16(20)18-12-4-5-17-11-12;/h2-3,10,12,17H,4-9,11H2,1H3,(H,18,20);1H. The van der Waals surface area contributed by atoms with E-state index in [1.54, 1.807) is 0 Å². The fourth-order valence-electron chi connectivity index (χ4n) is 3.00. The molecule has 1 amide bonds. The van der Waals surface area contributed by atoms with E-state index in [1.165, 1.54) is 29.6 Å². The largest absolute Gasteiger partial charge is 0.496 e. The van der Waals surface area contributed by atoms with Crippen LogP contribution in [-0.4, -0.2) is 71.2 Å². The molecular formula is C16H24ClN3O5S. The van der Waals surface area contributed by atoms with Gasteiger partial charge in [-0.2, -0.15) is 4.31 Å². The second-order valence-electron chi connectivity index (χ2n) is 6.04. The first-order chi connectivity index (χ1) is 12.0. The SMILES string of the molecule is COc1ccc(S(=O)(=O)N2CCOCC2)cc1C(=O)NC1CCNC1.Cl. The molecule has 0 aliphatic carbocycles. The lowest BCUT2D eigenvalue weighted by Crippen LogP contribution is -2.40. The third-order valence-corrected chi connectivity index (χ3v) is 6.31. The maximum absolute atomic E-state index is 12.8. The topological polar surface area (TPSA) is 97.0 Å². The number of methoxy groups -OCH3 is 1. The average molecular weight is 406 g/mol. The van der Waals surface area contributed by atoms with E-state index in [2.05, 4.69) is 10.6 Å². The zero-order valence-corrected chi connectivity index (χ0v) is 16.2. The summed E-state index contributed by atoms with van der Waals surface area (Å²) in [7, 11) is -2.21. The van der Waals surface area contributed by atoms with Crippen molar-refractivity contribution in [1.29, 1.82) is 0 Å². The number of rotatable bonds is 5. The molecule has 1 atom stereocenters. The van der Waals surface area contributed by atoms with Crippen LogP contribution in [0.2, 0.25) is 0 Å². The van der Waals surface area contributed by atoms with E-state index in [9.17, 15) is 13.2 Å². The summed E-state index contributed by atoms with van der Waals surface area (Å²) < 4.78 is 37.4. The summed E-state index contributed by atoms with van der Waals surface area (Å²) in [6.07, 6.45) is 0.847. The van der Waals surface area contributed by atoms with Gasteiger partial charge in [0.1, 0.15) is 5.75 Å². The van der Waals surface area contributed by atoms with Gasteiger partial charge in [-0.3, -0.25) is 4.79 Å². The number of nitrogens with one attached hydrogen (secondary N) is 2. The molecule has 2 aliphatic heterocycles. The Balaban J connectivity index is 0.00000243. The van der Waals surface area contributed by atoms with Crippen LogP contribution in [0.3, 0.4) is 0 Å². The van der Waals surface area contributed by atoms with Gasteiger partial charge in [0, 0.05) is 25.7 Å². The highest BCUT2D eigenvalue weighted by Gasteiger charge is 2.28. The highest BCUT2D eigenvalue weighted by molar-refractivity contribution is 7.89. The van der Waals surface area contributed by atoms with Gasteiger partial charge in [0.15, 0.2) is 0 Å². The van der Waals surface area contributed by atoms with E-state index >= 15 is 0 Å². The number of nitrogens with zero attached hydrogens (tertiary/aromatic N) is 1. The average Bonchev–Trinajstić information content (AvgIpc) is 3.14. The minimum Gasteiger partial charge on any atom is -0.496 e. The van der Waals surface area contributed by atoms with Crippen LogP contribution in [0.15, 0.2) is 23.1 Å². The molecule has 2 saturated heterocycles. The summed E-state index contributed by atoms with van der Waals surface area (Å²) in [6.45, 7) is 2.93. The number of benzene rings is 1. The molecule has 2 aliphatic rings. The fraction of sp³-hybridized carbons (Fsp3) is 0.562. The Bertz CT molecular complexity index is 731. The third kappa shape index (κ3) is 4.47. The van der Waals surface area contributed by atoms with Gasteiger partial charge >= 0.3 is 0 Å². The number of sulfonamides is 1. The Morgan fingerprint density at radius 1 is 1.35 bits per heavy atom. The number of halogens is 1. The molecule has 10 heteroatoms. The van der Waals surface area contributed by atoms with Crippen LogP contribution in [0, 0.1) is 0 Å². The maximum Gasteiger partial charge on any atom is 0.255 e. The van der Waals surface area contributed by atoms with Crippen molar-refractivity contribution in [3.8, 4) is 5.75 Å². The van der Waals surface area contributed by atoms with Gasteiger partial charge in [-0.25, -0.2) is 8.42 Å². The second-order valence-corrected chi connectivity index (χ2v) is 7.98. The molecule has 26 heavy (non-hydrogen) atoms. The number of morpholine rings is 1. The predicted octanol–water partition coefficient (Wildman–Crippen LogP) is 0.230. The van der Waals surface area contributed by atoms with Gasteiger partial charge in [-0.05, 0) is 31.2 Å². The summed E-state index contributed by atoms with van der Waals surface area (Å²) in [4.78, 5) is 12.7. The zero-order valence-electron chi connectivity index (χ0n) is 14.6. The first-order valence-corrected chi connectivity index (χ1v) is 9.74. The predicted molar refractivity (Wildman–Crippen MR) is 98.6 cm³/mol. The smallest absolute Gasteiger partial charge is 0.255 e. The quantitative estimate of drug-likeness (QED) is 0.727. The molecule has 0 bridgehead atoms. The molecule has 3 rings (SSSR count). The molecule has 146 valence electrons. The van der Waals surface area contributed by atoms with Crippen LogP contribution < -0.4 is 15.4 Å². The molecule has 8 nitrogen and oxygen atoms in total. The molecule has 0 radical (unpaired) electrons. The summed E-state index contributed by atoms with van der Waals surface area (Å²) >= 11 is 0. The zero-order chi connectivity index (χ0) is 17.9. The lowest BCUT2D eigenvalue weighted by Gasteiger charge is -2.26. The molecule has 2 heterocycles. The second kappa shape index (κ2) is 9.01. The highest BCUT2D eigenvalue weighted by Crippen LogP contribution is 2.25. The van der Waals surface area contributed by atoms with Crippen molar-refractivity contribution in [2.75, 3.05) is 46.5 Å². The Labute approximate surface area is 159 Å². The number of amides is 1. The lowest BCUT2D eigenvalue weighted by molar-refractivity contribution is 0.0730. The van der Waals surface area contributed by atoms with Crippen LogP contribution in [0.25, 0.3) is 0 Å². The van der Waals surface area contributed by atoms with E-state index in [1.807, 2.05) is 0 Å². The molecule has 1 aromatic rings. The van der Waals surface area contributed by atoms with E-state index in [-0.39, 0.29) is 34.8 Å². The van der Waals surface area contributed by atoms with E-state index in [4.69, 9.17) is 9.47 Å². The first-order valence-electron chi connectivity index (χ1n) is 8.30. The van der Waals surface area contributed by atoms with Crippen LogP contribution in [0.4, 0.5) is 0 Å². The van der Waals surface area contributed by atoms with E-state index < -0.39 is 10.0 Å². The number of ether oxygens (including phenoxy) is 2. The van der Waals surface area contributed by atoms with Crippen molar-refractivity contribution in [3.63, 3.8) is 0 Å². The minimum atomic E-state index is -3.66. The maximum atomic E-state index is 12.8. The van der Waals surface area contributed by atoms with Gasteiger partial charge in [0.2, 0.25) is 10.0 Å². The van der Waals surface area contributed by atoms with Gasteiger partial charge in [0.25, 0.3) is 5.91 Å². The normalized spacial score (nSPS) is 21.0. The van der Waals surface area contributed by atoms with Gasteiger partial charge in [-0.15, -0.1) is 12.4 Å². The van der Waals surface area contributed by atoms with Crippen molar-refractivity contribution >= 4 is 28.3 Å².